The van der Waals surface area contributed by atoms with Gasteiger partial charge in [-0.25, -0.2) is 4.79 Å². The number of halogens is 1. The topological polar surface area (TPSA) is 70.6 Å². The molecule has 34 heavy (non-hydrogen) atoms. The molecular formula is C27H39ClN2O3S. The summed E-state index contributed by atoms with van der Waals surface area (Å²) in [7, 11) is 0. The number of nitrogens with one attached hydrogen (secondary N) is 2. The first-order valence-corrected chi connectivity index (χ1v) is 14.9. The van der Waals surface area contributed by atoms with Crippen molar-refractivity contribution < 1.29 is 14.6 Å². The number of aliphatic hydroxyl groups is 1. The summed E-state index contributed by atoms with van der Waals surface area (Å²) in [5.41, 5.74) is 3.56. The number of aliphatic hydroxyl groups excluding tert-OH is 1. The van der Waals surface area contributed by atoms with Crippen LogP contribution in [0.3, 0.4) is 0 Å². The Balaban J connectivity index is 1.44. The number of rotatable bonds is 2. The number of piperidine rings is 1. The molecule has 5 nitrogen and oxygen atoms in total. The number of esters is 1. The van der Waals surface area contributed by atoms with Gasteiger partial charge < -0.3 is 20.5 Å². The van der Waals surface area contributed by atoms with E-state index in [2.05, 4.69) is 31.4 Å². The van der Waals surface area contributed by atoms with Crippen molar-refractivity contribution in [2.45, 2.75) is 107 Å². The highest BCUT2D eigenvalue weighted by Crippen LogP contribution is 2.57. The number of dihydropyridines is 1. The third-order valence-corrected chi connectivity index (χ3v) is 11.5. The molecule has 4 aliphatic heterocycles. The average molecular weight is 507 g/mol. The van der Waals surface area contributed by atoms with Crippen LogP contribution in [-0.4, -0.2) is 46.1 Å². The molecule has 6 rings (SSSR count). The number of fused-ring (bicyclic) bond motifs is 5. The molecule has 4 heterocycles. The second-order valence-corrected chi connectivity index (χ2v) is 13.6. The summed E-state index contributed by atoms with van der Waals surface area (Å²) in [6.07, 6.45) is 7.14. The van der Waals surface area contributed by atoms with Gasteiger partial charge >= 0.3 is 5.97 Å². The Morgan fingerprint density at radius 3 is 2.62 bits per heavy atom. The van der Waals surface area contributed by atoms with E-state index >= 15 is 0 Å². The van der Waals surface area contributed by atoms with Crippen LogP contribution < -0.4 is 10.6 Å². The largest absolute Gasteiger partial charge is 0.458 e. The number of carbonyl (C=O) groups is 1. The van der Waals surface area contributed by atoms with Gasteiger partial charge in [-0.2, -0.15) is 0 Å². The number of hydrogen-bond acceptors (Lipinski definition) is 6. The van der Waals surface area contributed by atoms with Crippen LogP contribution in [0.4, 0.5) is 0 Å². The van der Waals surface area contributed by atoms with Crippen molar-refractivity contribution in [1.29, 1.82) is 0 Å². The standard InChI is InChI=1S/C27H39ClN2O3S/c1-4-14-10-17-19(11-18(14)31)33-27(32)22-21(17)25-24(20-12(2)9-13(3)29-26(20)34-25)30-23(22)15-5-7-16(28)8-6-15/h12-20,23,26,29-31H,4-11H2,1-3H3. The molecule has 0 spiro atoms. The lowest BCUT2D eigenvalue weighted by molar-refractivity contribution is -0.155. The van der Waals surface area contributed by atoms with Gasteiger partial charge in [-0.05, 0) is 68.8 Å². The zero-order valence-electron chi connectivity index (χ0n) is 20.6. The third-order valence-electron chi connectivity index (χ3n) is 9.66. The quantitative estimate of drug-likeness (QED) is 0.372. The summed E-state index contributed by atoms with van der Waals surface area (Å²) >= 11 is 8.41. The Hall–Kier alpha value is -0.690. The Kier molecular flexibility index (Phi) is 6.27. The molecule has 9 atom stereocenters. The SMILES string of the molecule is CCC1CC2C3=C(C(=O)OC2CC1O)C(C1CCC(Cl)CC1)NC1=C3SC2NC(C)CC(C)C12. The van der Waals surface area contributed by atoms with Crippen molar-refractivity contribution in [3.8, 4) is 0 Å². The van der Waals surface area contributed by atoms with Crippen LogP contribution in [0.5, 0.6) is 0 Å². The fourth-order valence-corrected chi connectivity index (χ4v) is 9.98. The second-order valence-electron chi connectivity index (χ2n) is 11.8. The molecule has 0 aromatic heterocycles. The van der Waals surface area contributed by atoms with Crippen LogP contribution in [0.15, 0.2) is 21.7 Å². The fourth-order valence-electron chi connectivity index (χ4n) is 7.91. The highest BCUT2D eigenvalue weighted by Gasteiger charge is 2.54. The summed E-state index contributed by atoms with van der Waals surface area (Å²) in [4.78, 5) is 14.9. The number of ether oxygens (including phenoxy) is 1. The number of thioether (sulfide) groups is 1. The predicted molar refractivity (Wildman–Crippen MR) is 136 cm³/mol. The maximum Gasteiger partial charge on any atom is 0.336 e. The molecule has 2 aliphatic carbocycles. The summed E-state index contributed by atoms with van der Waals surface area (Å²) in [5, 5.41) is 19.2. The highest BCUT2D eigenvalue weighted by atomic mass is 35.5. The van der Waals surface area contributed by atoms with E-state index in [1.54, 1.807) is 0 Å². The van der Waals surface area contributed by atoms with E-state index in [0.717, 1.165) is 44.1 Å². The van der Waals surface area contributed by atoms with Crippen molar-refractivity contribution in [3.63, 3.8) is 0 Å². The number of allylic oxidation sites excluding steroid dienone is 1. The molecular weight excluding hydrogens is 468 g/mol. The maximum absolute atomic E-state index is 13.6. The van der Waals surface area contributed by atoms with Gasteiger partial charge in [-0.1, -0.05) is 20.3 Å². The lowest BCUT2D eigenvalue weighted by atomic mass is 9.67. The van der Waals surface area contributed by atoms with E-state index in [0.29, 0.717) is 35.6 Å². The molecule has 188 valence electrons. The van der Waals surface area contributed by atoms with Crippen LogP contribution in [-0.2, 0) is 9.53 Å². The van der Waals surface area contributed by atoms with Crippen LogP contribution in [0, 0.1) is 29.6 Å². The van der Waals surface area contributed by atoms with Crippen molar-refractivity contribution in [2.24, 2.45) is 29.6 Å². The molecule has 2 saturated carbocycles. The molecule has 9 unspecified atom stereocenters. The minimum atomic E-state index is -0.382. The smallest absolute Gasteiger partial charge is 0.336 e. The first-order valence-electron chi connectivity index (χ1n) is 13.6. The monoisotopic (exact) mass is 506 g/mol. The van der Waals surface area contributed by atoms with Gasteiger partial charge in [-0.3, -0.25) is 0 Å². The van der Waals surface area contributed by atoms with Gasteiger partial charge in [0.2, 0.25) is 0 Å². The lowest BCUT2D eigenvalue weighted by Gasteiger charge is -2.47. The van der Waals surface area contributed by atoms with Gasteiger partial charge in [0.25, 0.3) is 0 Å². The molecule has 6 aliphatic rings. The van der Waals surface area contributed by atoms with Crippen LogP contribution in [0.25, 0.3) is 0 Å². The van der Waals surface area contributed by atoms with Crippen molar-refractivity contribution >= 4 is 29.3 Å². The van der Waals surface area contributed by atoms with Crippen LogP contribution in [0.2, 0.25) is 0 Å². The second kappa shape index (κ2) is 9.00. The predicted octanol–water partition coefficient (Wildman–Crippen LogP) is 4.69. The highest BCUT2D eigenvalue weighted by molar-refractivity contribution is 8.04. The molecule has 7 heteroatoms. The van der Waals surface area contributed by atoms with E-state index in [-0.39, 0.29) is 41.4 Å². The molecule has 0 aromatic rings. The van der Waals surface area contributed by atoms with E-state index in [1.807, 2.05) is 11.8 Å². The van der Waals surface area contributed by atoms with E-state index in [4.69, 9.17) is 16.3 Å². The first-order chi connectivity index (χ1) is 16.4. The number of hydrogen-bond donors (Lipinski definition) is 3. The molecule has 0 radical (unpaired) electrons. The summed E-state index contributed by atoms with van der Waals surface area (Å²) in [6.45, 7) is 6.86. The van der Waals surface area contributed by atoms with E-state index in [1.165, 1.54) is 22.6 Å². The Labute approximate surface area is 212 Å². The van der Waals surface area contributed by atoms with Gasteiger partial charge in [-0.15, -0.1) is 23.4 Å². The molecule has 0 aromatic carbocycles. The maximum atomic E-state index is 13.6. The van der Waals surface area contributed by atoms with Crippen molar-refractivity contribution in [1.82, 2.24) is 10.6 Å². The van der Waals surface area contributed by atoms with Gasteiger partial charge in [0.05, 0.1) is 23.1 Å². The summed E-state index contributed by atoms with van der Waals surface area (Å²) in [6, 6.07) is 0.524. The lowest BCUT2D eigenvalue weighted by Crippen LogP contribution is -2.53. The average Bonchev–Trinajstić information content (AvgIpc) is 3.17. The molecule has 3 fully saturated rings. The van der Waals surface area contributed by atoms with Gasteiger partial charge in [0.1, 0.15) is 6.10 Å². The minimum absolute atomic E-state index is 0.0178. The zero-order chi connectivity index (χ0) is 23.7. The third kappa shape index (κ3) is 3.77. The molecule has 0 amide bonds. The Morgan fingerprint density at radius 2 is 1.88 bits per heavy atom. The minimum Gasteiger partial charge on any atom is -0.458 e. The number of alkyl halides is 1. The van der Waals surface area contributed by atoms with Gasteiger partial charge in [0.15, 0.2) is 0 Å². The Bertz CT molecular complexity index is 914. The zero-order valence-corrected chi connectivity index (χ0v) is 22.1. The normalized spacial score (nSPS) is 48.4. The molecule has 3 N–H and O–H groups in total. The van der Waals surface area contributed by atoms with E-state index in [9.17, 15) is 9.90 Å². The molecule has 0 bridgehead atoms. The van der Waals surface area contributed by atoms with Crippen LogP contribution in [0.1, 0.15) is 72.1 Å². The first kappa shape index (κ1) is 23.7. The Morgan fingerprint density at radius 1 is 1.12 bits per heavy atom. The summed E-state index contributed by atoms with van der Waals surface area (Å²) < 4.78 is 6.10. The summed E-state index contributed by atoms with van der Waals surface area (Å²) in [5.74, 6) is 1.76. The van der Waals surface area contributed by atoms with Crippen molar-refractivity contribution in [3.05, 3.63) is 21.7 Å². The van der Waals surface area contributed by atoms with Gasteiger partial charge in [0, 0.05) is 40.3 Å². The molecule has 1 saturated heterocycles. The van der Waals surface area contributed by atoms with Crippen LogP contribution >= 0.6 is 23.4 Å². The fraction of sp³-hybridized carbons (Fsp3) is 0.815. The number of carbonyl (C=O) groups excluding carboxylic acids is 1. The van der Waals surface area contributed by atoms with E-state index < -0.39 is 0 Å². The van der Waals surface area contributed by atoms with Crippen molar-refractivity contribution in [2.75, 3.05) is 0 Å².